The van der Waals surface area contributed by atoms with E-state index < -0.39 is 5.60 Å². The average Bonchev–Trinajstić information content (AvgIpc) is 2.47. The van der Waals surface area contributed by atoms with E-state index in [-0.39, 0.29) is 0 Å². The van der Waals surface area contributed by atoms with Gasteiger partial charge in [-0.25, -0.2) is 0 Å². The fourth-order valence-corrected chi connectivity index (χ4v) is 3.80. The summed E-state index contributed by atoms with van der Waals surface area (Å²) in [6, 6.07) is 1.18. The normalized spacial score (nSPS) is 36.8. The molecule has 1 aliphatic heterocycles. The Morgan fingerprint density at radius 1 is 1.25 bits per heavy atom. The van der Waals surface area contributed by atoms with E-state index in [1.54, 1.807) is 0 Å². The van der Waals surface area contributed by atoms with E-state index in [0.29, 0.717) is 12.1 Å². The number of piperidine rings is 1. The predicted octanol–water partition coefficient (Wildman–Crippen LogP) is 2.83. The van der Waals surface area contributed by atoms with Crippen molar-refractivity contribution >= 4 is 0 Å². The van der Waals surface area contributed by atoms with Crippen molar-refractivity contribution in [3.63, 3.8) is 0 Å². The standard InChI is InChI=1S/C17H34N2O/c1-3-15-7-9-17(20,10-8-15)13-19-14(2)12-16-6-4-5-11-18-16/h14-16,18-20H,3-13H2,1-2H3. The van der Waals surface area contributed by atoms with Crippen molar-refractivity contribution in [2.24, 2.45) is 5.92 Å². The van der Waals surface area contributed by atoms with Crippen LogP contribution in [0, 0.1) is 5.92 Å². The van der Waals surface area contributed by atoms with Gasteiger partial charge in [-0.2, -0.15) is 0 Å². The third-order valence-corrected chi connectivity index (χ3v) is 5.44. The molecule has 0 aromatic heterocycles. The highest BCUT2D eigenvalue weighted by molar-refractivity contribution is 4.88. The summed E-state index contributed by atoms with van der Waals surface area (Å²) in [6.45, 7) is 6.49. The molecule has 2 atom stereocenters. The molecule has 20 heavy (non-hydrogen) atoms. The van der Waals surface area contributed by atoms with E-state index >= 15 is 0 Å². The maximum absolute atomic E-state index is 10.7. The summed E-state index contributed by atoms with van der Waals surface area (Å²) in [5.41, 5.74) is -0.445. The largest absolute Gasteiger partial charge is 0.389 e. The number of rotatable bonds is 6. The first-order valence-electron chi connectivity index (χ1n) is 8.80. The number of aliphatic hydroxyl groups is 1. The quantitative estimate of drug-likeness (QED) is 0.702. The molecule has 0 aromatic carbocycles. The van der Waals surface area contributed by atoms with E-state index in [1.165, 1.54) is 51.5 Å². The van der Waals surface area contributed by atoms with E-state index in [0.717, 1.165) is 25.3 Å². The van der Waals surface area contributed by atoms with Gasteiger partial charge in [-0.15, -0.1) is 0 Å². The second-order valence-corrected chi connectivity index (χ2v) is 7.24. The van der Waals surface area contributed by atoms with Crippen LogP contribution in [0.2, 0.25) is 0 Å². The Morgan fingerprint density at radius 3 is 2.60 bits per heavy atom. The van der Waals surface area contributed by atoms with Gasteiger partial charge in [-0.05, 0) is 64.3 Å². The molecule has 2 unspecified atom stereocenters. The Labute approximate surface area is 124 Å². The Hall–Kier alpha value is -0.120. The molecule has 0 amide bonds. The first kappa shape index (κ1) is 16.3. The van der Waals surface area contributed by atoms with Crippen LogP contribution in [0.3, 0.4) is 0 Å². The highest BCUT2D eigenvalue weighted by Gasteiger charge is 2.32. The molecule has 0 radical (unpaired) electrons. The monoisotopic (exact) mass is 282 g/mol. The SMILES string of the molecule is CCC1CCC(O)(CNC(C)CC2CCCCN2)CC1. The molecule has 0 aromatic rings. The summed E-state index contributed by atoms with van der Waals surface area (Å²) < 4.78 is 0. The zero-order chi connectivity index (χ0) is 14.4. The molecule has 1 heterocycles. The van der Waals surface area contributed by atoms with Crippen molar-refractivity contribution in [2.45, 2.75) is 89.3 Å². The van der Waals surface area contributed by atoms with Crippen LogP contribution in [-0.2, 0) is 0 Å². The minimum absolute atomic E-state index is 0.445. The van der Waals surface area contributed by atoms with E-state index in [2.05, 4.69) is 24.5 Å². The molecule has 118 valence electrons. The van der Waals surface area contributed by atoms with Gasteiger partial charge in [0.25, 0.3) is 0 Å². The lowest BCUT2D eigenvalue weighted by atomic mass is 9.77. The summed E-state index contributed by atoms with van der Waals surface area (Å²) in [6.07, 6.45) is 10.8. The van der Waals surface area contributed by atoms with Gasteiger partial charge in [0.05, 0.1) is 5.60 Å². The lowest BCUT2D eigenvalue weighted by molar-refractivity contribution is -0.0107. The van der Waals surface area contributed by atoms with Crippen LogP contribution in [0.5, 0.6) is 0 Å². The Kier molecular flexibility index (Phi) is 6.31. The van der Waals surface area contributed by atoms with Crippen LogP contribution in [0.4, 0.5) is 0 Å². The van der Waals surface area contributed by atoms with E-state index in [4.69, 9.17) is 0 Å². The van der Waals surface area contributed by atoms with E-state index in [1.807, 2.05) is 0 Å². The van der Waals surface area contributed by atoms with Crippen LogP contribution in [0.1, 0.15) is 71.6 Å². The fourth-order valence-electron chi connectivity index (χ4n) is 3.80. The van der Waals surface area contributed by atoms with Gasteiger partial charge < -0.3 is 15.7 Å². The smallest absolute Gasteiger partial charge is 0.0771 e. The molecule has 3 nitrogen and oxygen atoms in total. The third-order valence-electron chi connectivity index (χ3n) is 5.44. The maximum atomic E-state index is 10.7. The van der Waals surface area contributed by atoms with Gasteiger partial charge in [0.1, 0.15) is 0 Å². The van der Waals surface area contributed by atoms with Crippen LogP contribution >= 0.6 is 0 Å². The van der Waals surface area contributed by atoms with Crippen molar-refractivity contribution in [2.75, 3.05) is 13.1 Å². The molecular weight excluding hydrogens is 248 g/mol. The van der Waals surface area contributed by atoms with Crippen LogP contribution in [0.25, 0.3) is 0 Å². The van der Waals surface area contributed by atoms with Crippen molar-refractivity contribution in [1.82, 2.24) is 10.6 Å². The second kappa shape index (κ2) is 7.77. The van der Waals surface area contributed by atoms with Crippen LogP contribution in [0.15, 0.2) is 0 Å². The predicted molar refractivity (Wildman–Crippen MR) is 84.9 cm³/mol. The van der Waals surface area contributed by atoms with Crippen molar-refractivity contribution in [1.29, 1.82) is 0 Å². The minimum atomic E-state index is -0.445. The molecule has 1 aliphatic carbocycles. The van der Waals surface area contributed by atoms with Crippen molar-refractivity contribution in [3.05, 3.63) is 0 Å². The number of hydrogen-bond acceptors (Lipinski definition) is 3. The summed E-state index contributed by atoms with van der Waals surface area (Å²) in [4.78, 5) is 0. The molecule has 3 heteroatoms. The molecule has 0 spiro atoms. The lowest BCUT2D eigenvalue weighted by Gasteiger charge is -2.37. The zero-order valence-corrected chi connectivity index (χ0v) is 13.5. The van der Waals surface area contributed by atoms with Gasteiger partial charge in [0, 0.05) is 18.6 Å². The summed E-state index contributed by atoms with van der Waals surface area (Å²) in [5, 5.41) is 17.9. The topological polar surface area (TPSA) is 44.3 Å². The van der Waals surface area contributed by atoms with Gasteiger partial charge in [-0.1, -0.05) is 19.8 Å². The third kappa shape index (κ3) is 5.01. The second-order valence-electron chi connectivity index (χ2n) is 7.24. The minimum Gasteiger partial charge on any atom is -0.389 e. The first-order chi connectivity index (χ1) is 9.61. The van der Waals surface area contributed by atoms with Gasteiger partial charge >= 0.3 is 0 Å². The Balaban J connectivity index is 1.65. The van der Waals surface area contributed by atoms with Gasteiger partial charge in [0.2, 0.25) is 0 Å². The van der Waals surface area contributed by atoms with Crippen molar-refractivity contribution < 1.29 is 5.11 Å². The summed E-state index contributed by atoms with van der Waals surface area (Å²) in [5.74, 6) is 0.846. The summed E-state index contributed by atoms with van der Waals surface area (Å²) >= 11 is 0. The fraction of sp³-hybridized carbons (Fsp3) is 1.00. The molecular formula is C17H34N2O. The Morgan fingerprint density at radius 2 is 2.00 bits per heavy atom. The zero-order valence-electron chi connectivity index (χ0n) is 13.5. The number of hydrogen-bond donors (Lipinski definition) is 3. The van der Waals surface area contributed by atoms with Gasteiger partial charge in [0.15, 0.2) is 0 Å². The highest BCUT2D eigenvalue weighted by Crippen LogP contribution is 2.33. The van der Waals surface area contributed by atoms with E-state index in [9.17, 15) is 5.11 Å². The molecule has 0 bridgehead atoms. The maximum Gasteiger partial charge on any atom is 0.0771 e. The van der Waals surface area contributed by atoms with Crippen LogP contribution in [-0.4, -0.2) is 35.9 Å². The molecule has 2 aliphatic rings. The first-order valence-corrected chi connectivity index (χ1v) is 8.80. The molecule has 2 fully saturated rings. The van der Waals surface area contributed by atoms with Crippen molar-refractivity contribution in [3.8, 4) is 0 Å². The number of nitrogens with one attached hydrogen (secondary N) is 2. The molecule has 1 saturated heterocycles. The molecule has 1 saturated carbocycles. The molecule has 2 rings (SSSR count). The van der Waals surface area contributed by atoms with Crippen LogP contribution < -0.4 is 10.6 Å². The Bertz CT molecular complexity index is 268. The highest BCUT2D eigenvalue weighted by atomic mass is 16.3. The summed E-state index contributed by atoms with van der Waals surface area (Å²) in [7, 11) is 0. The lowest BCUT2D eigenvalue weighted by Crippen LogP contribution is -2.47. The average molecular weight is 282 g/mol. The molecule has 3 N–H and O–H groups in total. The van der Waals surface area contributed by atoms with Gasteiger partial charge in [-0.3, -0.25) is 0 Å².